The first-order valence-electron chi connectivity index (χ1n) is 11.2. The minimum atomic E-state index is -0.533. The molecule has 0 spiro atoms. The summed E-state index contributed by atoms with van der Waals surface area (Å²) < 4.78 is 7.32. The molecule has 9 heteroatoms. The molecule has 0 fully saturated rings. The number of hydrogen-bond donors (Lipinski definition) is 2. The number of aromatic nitrogens is 4. The summed E-state index contributed by atoms with van der Waals surface area (Å²) in [5.41, 5.74) is 2.74. The van der Waals surface area contributed by atoms with Crippen molar-refractivity contribution in [3.05, 3.63) is 94.8 Å². The van der Waals surface area contributed by atoms with Crippen LogP contribution in [0.5, 0.6) is 5.75 Å². The van der Waals surface area contributed by atoms with Crippen LogP contribution in [0.3, 0.4) is 0 Å². The summed E-state index contributed by atoms with van der Waals surface area (Å²) in [7, 11) is 0. The summed E-state index contributed by atoms with van der Waals surface area (Å²) in [5.74, 6) is 1.91. The highest BCUT2D eigenvalue weighted by Crippen LogP contribution is 2.38. The van der Waals surface area contributed by atoms with Crippen molar-refractivity contribution in [1.82, 2.24) is 19.7 Å². The van der Waals surface area contributed by atoms with E-state index in [-0.39, 0.29) is 5.91 Å². The third-order valence-corrected chi connectivity index (χ3v) is 5.95. The van der Waals surface area contributed by atoms with Crippen LogP contribution in [0.1, 0.15) is 25.5 Å². The average molecular weight is 487 g/mol. The van der Waals surface area contributed by atoms with Gasteiger partial charge in [0.15, 0.2) is 5.82 Å². The summed E-state index contributed by atoms with van der Waals surface area (Å²) in [5, 5.41) is 11.5. The number of nitrogens with zero attached hydrogens (tertiary/aromatic N) is 4. The molecule has 2 N–H and O–H groups in total. The zero-order valence-corrected chi connectivity index (χ0v) is 20.0. The minimum Gasteiger partial charge on any atom is -0.494 e. The lowest BCUT2D eigenvalue weighted by atomic mass is 9.95. The molecule has 1 aliphatic heterocycles. The van der Waals surface area contributed by atoms with Crippen LogP contribution in [0.4, 0.5) is 11.8 Å². The van der Waals surface area contributed by atoms with Crippen LogP contribution >= 0.6 is 11.6 Å². The molecular weight excluding hydrogens is 464 g/mol. The molecule has 1 unspecified atom stereocenters. The first-order valence-corrected chi connectivity index (χ1v) is 11.6. The lowest BCUT2D eigenvalue weighted by molar-refractivity contribution is -0.113. The van der Waals surface area contributed by atoms with E-state index in [1.165, 1.54) is 0 Å². The van der Waals surface area contributed by atoms with Crippen molar-refractivity contribution in [3.63, 3.8) is 0 Å². The molecule has 3 heterocycles. The number of hydrogen-bond acceptors (Lipinski definition) is 6. The maximum absolute atomic E-state index is 13.5. The molecule has 4 aromatic rings. The number of anilines is 2. The minimum absolute atomic E-state index is 0.284. The molecule has 0 saturated carbocycles. The van der Waals surface area contributed by atoms with Crippen LogP contribution in [-0.4, -0.2) is 32.3 Å². The van der Waals surface area contributed by atoms with Gasteiger partial charge in [0.25, 0.3) is 5.91 Å². The van der Waals surface area contributed by atoms with Crippen molar-refractivity contribution < 1.29 is 9.53 Å². The second-order valence-corrected chi connectivity index (χ2v) is 8.33. The summed E-state index contributed by atoms with van der Waals surface area (Å²) >= 11 is 6.42. The van der Waals surface area contributed by atoms with Gasteiger partial charge in [-0.15, -0.1) is 5.10 Å². The molecule has 0 aliphatic carbocycles. The van der Waals surface area contributed by atoms with Crippen LogP contribution in [0.15, 0.2) is 84.2 Å². The molecule has 8 nitrogen and oxygen atoms in total. The number of halogens is 1. The van der Waals surface area contributed by atoms with Crippen molar-refractivity contribution >= 4 is 29.3 Å². The molecule has 0 saturated heterocycles. The van der Waals surface area contributed by atoms with Crippen LogP contribution in [0, 0.1) is 0 Å². The highest BCUT2D eigenvalue weighted by molar-refractivity contribution is 6.33. The molecule has 2 aromatic heterocycles. The predicted molar refractivity (Wildman–Crippen MR) is 135 cm³/mol. The van der Waals surface area contributed by atoms with Gasteiger partial charge >= 0.3 is 0 Å². The highest BCUT2D eigenvalue weighted by atomic mass is 35.5. The Morgan fingerprint density at radius 1 is 1.11 bits per heavy atom. The van der Waals surface area contributed by atoms with E-state index in [0.29, 0.717) is 46.1 Å². The normalized spacial score (nSPS) is 14.8. The van der Waals surface area contributed by atoms with Crippen LogP contribution in [0.25, 0.3) is 11.4 Å². The van der Waals surface area contributed by atoms with E-state index in [1.54, 1.807) is 29.1 Å². The van der Waals surface area contributed by atoms with Gasteiger partial charge in [-0.05, 0) is 55.8 Å². The van der Waals surface area contributed by atoms with Gasteiger partial charge in [-0.3, -0.25) is 4.79 Å². The van der Waals surface area contributed by atoms with E-state index in [4.69, 9.17) is 21.4 Å². The van der Waals surface area contributed by atoms with Crippen molar-refractivity contribution in [2.75, 3.05) is 17.2 Å². The van der Waals surface area contributed by atoms with Crippen molar-refractivity contribution in [3.8, 4) is 17.1 Å². The molecule has 1 atom stereocenters. The van der Waals surface area contributed by atoms with E-state index in [1.807, 2.05) is 62.4 Å². The maximum atomic E-state index is 13.5. The van der Waals surface area contributed by atoms with E-state index in [0.717, 1.165) is 11.3 Å². The van der Waals surface area contributed by atoms with Crippen LogP contribution in [-0.2, 0) is 4.79 Å². The number of ether oxygens (including phenoxy) is 1. The third kappa shape index (κ3) is 4.48. The fraction of sp³-hybridized carbons (Fsp3) is 0.154. The van der Waals surface area contributed by atoms with Gasteiger partial charge in [-0.2, -0.15) is 4.98 Å². The zero-order chi connectivity index (χ0) is 24.4. The SMILES string of the molecule is CCOc1ccc(C2C(C(=O)Nc3ccccn3)=C(C)Nc3nc(-c4ccccc4Cl)nn32)cc1. The van der Waals surface area contributed by atoms with Crippen molar-refractivity contribution in [2.24, 2.45) is 0 Å². The zero-order valence-electron chi connectivity index (χ0n) is 19.2. The Hall–Kier alpha value is -4.17. The Morgan fingerprint density at radius 2 is 1.89 bits per heavy atom. The summed E-state index contributed by atoms with van der Waals surface area (Å²) in [6, 6.07) is 19.9. The predicted octanol–water partition coefficient (Wildman–Crippen LogP) is 5.32. The van der Waals surface area contributed by atoms with Gasteiger partial charge in [0.05, 0.1) is 17.2 Å². The van der Waals surface area contributed by atoms with Gasteiger partial charge in [-0.1, -0.05) is 41.9 Å². The Kier molecular flexibility index (Phi) is 6.20. The lowest BCUT2D eigenvalue weighted by Crippen LogP contribution is -2.31. The molecule has 176 valence electrons. The van der Waals surface area contributed by atoms with Gasteiger partial charge < -0.3 is 15.4 Å². The van der Waals surface area contributed by atoms with Gasteiger partial charge in [0.1, 0.15) is 17.6 Å². The number of nitrogens with one attached hydrogen (secondary N) is 2. The number of amides is 1. The standard InChI is InChI=1S/C26H23ClN6O2/c1-3-35-18-13-11-17(12-14-18)23-22(25(34)30-21-10-6-7-15-28-21)16(2)29-26-31-24(32-33(23)26)19-8-4-5-9-20(19)27/h4-15,23H,3H2,1-2H3,(H,28,30,34)(H,29,31,32). The number of rotatable bonds is 6. The largest absolute Gasteiger partial charge is 0.494 e. The molecule has 5 rings (SSSR count). The maximum Gasteiger partial charge on any atom is 0.257 e. The lowest BCUT2D eigenvalue weighted by Gasteiger charge is -2.28. The third-order valence-electron chi connectivity index (χ3n) is 5.63. The summed E-state index contributed by atoms with van der Waals surface area (Å²) in [6.07, 6.45) is 1.63. The molecule has 0 bridgehead atoms. The first kappa shape index (κ1) is 22.6. The number of allylic oxidation sites excluding steroid dienone is 1. The van der Waals surface area contributed by atoms with Crippen LogP contribution in [0.2, 0.25) is 5.02 Å². The number of carbonyl (C=O) groups excluding carboxylic acids is 1. The molecule has 2 aromatic carbocycles. The van der Waals surface area contributed by atoms with Crippen molar-refractivity contribution in [2.45, 2.75) is 19.9 Å². The fourth-order valence-electron chi connectivity index (χ4n) is 4.04. The molecule has 1 amide bonds. The second-order valence-electron chi connectivity index (χ2n) is 7.92. The highest BCUT2D eigenvalue weighted by Gasteiger charge is 2.34. The van der Waals surface area contributed by atoms with Gasteiger partial charge in [0, 0.05) is 17.5 Å². The smallest absolute Gasteiger partial charge is 0.257 e. The Bertz CT molecular complexity index is 1400. The van der Waals surface area contributed by atoms with Gasteiger partial charge in [-0.25, -0.2) is 9.67 Å². The summed E-state index contributed by atoms with van der Waals surface area (Å²) in [4.78, 5) is 22.4. The first-order chi connectivity index (χ1) is 17.0. The Balaban J connectivity index is 1.60. The van der Waals surface area contributed by atoms with E-state index in [9.17, 15) is 4.79 Å². The fourth-order valence-corrected chi connectivity index (χ4v) is 4.26. The number of fused-ring (bicyclic) bond motifs is 1. The molecule has 0 radical (unpaired) electrons. The molecular formula is C26H23ClN6O2. The number of benzene rings is 2. The number of carbonyl (C=O) groups is 1. The topological polar surface area (TPSA) is 94.0 Å². The van der Waals surface area contributed by atoms with Crippen molar-refractivity contribution in [1.29, 1.82) is 0 Å². The number of pyridine rings is 1. The van der Waals surface area contributed by atoms with Gasteiger partial charge in [0.2, 0.25) is 5.95 Å². The monoisotopic (exact) mass is 486 g/mol. The quantitative estimate of drug-likeness (QED) is 0.383. The van der Waals surface area contributed by atoms with E-state index in [2.05, 4.69) is 20.6 Å². The van der Waals surface area contributed by atoms with E-state index < -0.39 is 6.04 Å². The second kappa shape index (κ2) is 9.60. The summed E-state index contributed by atoms with van der Waals surface area (Å²) in [6.45, 7) is 4.35. The van der Waals surface area contributed by atoms with E-state index >= 15 is 0 Å². The molecule has 1 aliphatic rings. The Labute approximate surface area is 207 Å². The Morgan fingerprint density at radius 3 is 2.60 bits per heavy atom. The molecule has 35 heavy (non-hydrogen) atoms. The van der Waals surface area contributed by atoms with Crippen LogP contribution < -0.4 is 15.4 Å². The average Bonchev–Trinajstić information content (AvgIpc) is 3.28.